The van der Waals surface area contributed by atoms with Crippen molar-refractivity contribution in [3.05, 3.63) is 90.5 Å². The van der Waals surface area contributed by atoms with Crippen LogP contribution < -0.4 is 4.74 Å². The van der Waals surface area contributed by atoms with Crippen LogP contribution in [0.3, 0.4) is 0 Å². The Morgan fingerprint density at radius 3 is 1.57 bits per heavy atom. The molecule has 1 atom stereocenters. The first-order chi connectivity index (χ1) is 14.3. The van der Waals surface area contributed by atoms with Gasteiger partial charge in [-0.3, -0.25) is 0 Å². The Labute approximate surface area is 176 Å². The first kappa shape index (κ1) is 22.0. The maximum Gasteiger partial charge on any atom is 0.196 e. The summed E-state index contributed by atoms with van der Waals surface area (Å²) in [5.74, 6) is 0.510. The Morgan fingerprint density at radius 2 is 1.17 bits per heavy atom. The van der Waals surface area contributed by atoms with Gasteiger partial charge in [0.2, 0.25) is 0 Å². The molecule has 0 N–H and O–H groups in total. The van der Waals surface area contributed by atoms with Gasteiger partial charge in [-0.1, -0.05) is 48.5 Å². The number of hydrogen-bond acceptors (Lipinski definition) is 5. The lowest BCUT2D eigenvalue weighted by Gasteiger charge is -2.21. The van der Waals surface area contributed by atoms with E-state index >= 15 is 4.39 Å². The maximum atomic E-state index is 15.1. The van der Waals surface area contributed by atoms with Gasteiger partial charge in [0, 0.05) is 6.42 Å². The molecule has 0 amide bonds. The van der Waals surface area contributed by atoms with Gasteiger partial charge in [0.25, 0.3) is 0 Å². The molecule has 3 rings (SSSR count). The van der Waals surface area contributed by atoms with E-state index < -0.39 is 36.8 Å². The zero-order valence-corrected chi connectivity index (χ0v) is 17.8. The molecule has 0 radical (unpaired) electrons. The van der Waals surface area contributed by atoms with Gasteiger partial charge in [-0.15, -0.1) is 0 Å². The van der Waals surface area contributed by atoms with Crippen LogP contribution in [0.1, 0.15) is 18.2 Å². The van der Waals surface area contributed by atoms with Gasteiger partial charge in [0.1, 0.15) is 11.9 Å². The summed E-state index contributed by atoms with van der Waals surface area (Å²) in [6.07, 6.45) is -2.54. The van der Waals surface area contributed by atoms with E-state index in [2.05, 4.69) is 0 Å². The normalized spacial score (nSPS) is 13.2. The second-order valence-electron chi connectivity index (χ2n) is 6.62. The first-order valence-corrected chi connectivity index (χ1v) is 12.2. The van der Waals surface area contributed by atoms with Crippen LogP contribution in [-0.4, -0.2) is 28.5 Å². The van der Waals surface area contributed by atoms with Crippen molar-refractivity contribution in [3.63, 3.8) is 0 Å². The maximum absolute atomic E-state index is 15.1. The van der Waals surface area contributed by atoms with Crippen LogP contribution in [0, 0.1) is 0 Å². The molecule has 158 valence electrons. The van der Waals surface area contributed by atoms with E-state index in [1.807, 2.05) is 0 Å². The molecule has 1 unspecified atom stereocenters. The molecular formula is C22H21FO5S2. The molecule has 0 aliphatic rings. The van der Waals surface area contributed by atoms with Crippen molar-refractivity contribution in [2.45, 2.75) is 27.0 Å². The van der Waals surface area contributed by atoms with Crippen LogP contribution in [0.5, 0.6) is 5.75 Å². The molecule has 30 heavy (non-hydrogen) atoms. The summed E-state index contributed by atoms with van der Waals surface area (Å²) >= 11 is 0. The van der Waals surface area contributed by atoms with Crippen LogP contribution >= 0.6 is 0 Å². The molecule has 0 saturated carbocycles. The number of alkyl halides is 1. The van der Waals surface area contributed by atoms with Gasteiger partial charge in [-0.2, -0.15) is 0 Å². The number of hydrogen-bond donors (Lipinski definition) is 0. The van der Waals surface area contributed by atoms with Crippen LogP contribution in [0.25, 0.3) is 0 Å². The number of rotatable bonds is 8. The van der Waals surface area contributed by atoms with Crippen LogP contribution in [0.15, 0.2) is 94.7 Å². The predicted molar refractivity (Wildman–Crippen MR) is 113 cm³/mol. The predicted octanol–water partition coefficient (Wildman–Crippen LogP) is 4.37. The smallest absolute Gasteiger partial charge is 0.196 e. The van der Waals surface area contributed by atoms with Gasteiger partial charge in [-0.05, 0) is 42.0 Å². The summed E-state index contributed by atoms with van der Waals surface area (Å²) in [4.78, 5) is -0.340. The zero-order valence-electron chi connectivity index (χ0n) is 16.2. The lowest BCUT2D eigenvalue weighted by Crippen LogP contribution is -2.32. The average molecular weight is 449 g/mol. The summed E-state index contributed by atoms with van der Waals surface area (Å²) in [5.41, 5.74) is 0.173. The largest absolute Gasteiger partial charge is 0.497 e. The molecule has 0 saturated heterocycles. The minimum Gasteiger partial charge on any atom is -0.497 e. The summed E-state index contributed by atoms with van der Waals surface area (Å²) in [6.45, 7) is 0. The van der Waals surface area contributed by atoms with Crippen LogP contribution in [0.4, 0.5) is 4.39 Å². The quantitative estimate of drug-likeness (QED) is 0.511. The Hall–Kier alpha value is -2.71. The Bertz CT molecular complexity index is 1110. The van der Waals surface area contributed by atoms with E-state index in [-0.39, 0.29) is 15.4 Å². The van der Waals surface area contributed by atoms with Gasteiger partial charge >= 0.3 is 0 Å². The molecule has 8 heteroatoms. The van der Waals surface area contributed by atoms with Crippen molar-refractivity contribution in [2.24, 2.45) is 0 Å². The summed E-state index contributed by atoms with van der Waals surface area (Å²) < 4.78 is 71.2. The SMILES string of the molecule is COc1ccc(C(F)CC(S(=O)(=O)c2ccccc2)S(=O)(=O)c2ccccc2)cc1. The van der Waals surface area contributed by atoms with Crippen molar-refractivity contribution < 1.29 is 26.0 Å². The van der Waals surface area contributed by atoms with Crippen molar-refractivity contribution in [1.82, 2.24) is 0 Å². The van der Waals surface area contributed by atoms with Crippen molar-refractivity contribution >= 4 is 19.7 Å². The second-order valence-corrected chi connectivity index (χ2v) is 11.2. The van der Waals surface area contributed by atoms with E-state index in [0.29, 0.717) is 5.75 Å². The minimum absolute atomic E-state index is 0.170. The molecule has 5 nitrogen and oxygen atoms in total. The van der Waals surface area contributed by atoms with Gasteiger partial charge in [0.15, 0.2) is 24.3 Å². The second kappa shape index (κ2) is 8.97. The van der Waals surface area contributed by atoms with Crippen molar-refractivity contribution in [1.29, 1.82) is 0 Å². The third kappa shape index (κ3) is 4.55. The molecule has 0 bridgehead atoms. The molecule has 3 aromatic carbocycles. The Kier molecular flexibility index (Phi) is 6.58. The molecule has 3 aromatic rings. The topological polar surface area (TPSA) is 77.5 Å². The number of ether oxygens (including phenoxy) is 1. The molecular weight excluding hydrogens is 427 g/mol. The van der Waals surface area contributed by atoms with Gasteiger partial charge < -0.3 is 4.74 Å². The van der Waals surface area contributed by atoms with E-state index in [4.69, 9.17) is 4.74 Å². The molecule has 0 aromatic heterocycles. The van der Waals surface area contributed by atoms with E-state index in [1.165, 1.54) is 79.9 Å². The van der Waals surface area contributed by atoms with E-state index in [1.54, 1.807) is 12.1 Å². The standard InChI is InChI=1S/C22H21FO5S2/c1-28-18-14-12-17(13-15-18)21(23)16-22(29(24,25)19-8-4-2-5-9-19)30(26,27)20-10-6-3-7-11-20/h2-15,21-22H,16H2,1H3. The lowest BCUT2D eigenvalue weighted by atomic mass is 10.1. The highest BCUT2D eigenvalue weighted by Gasteiger charge is 2.41. The summed E-state index contributed by atoms with van der Waals surface area (Å²) in [7, 11) is -7.28. The highest BCUT2D eigenvalue weighted by atomic mass is 32.3. The fraction of sp³-hybridized carbons (Fsp3) is 0.182. The van der Waals surface area contributed by atoms with Gasteiger partial charge in [0.05, 0.1) is 16.9 Å². The van der Waals surface area contributed by atoms with Gasteiger partial charge in [-0.25, -0.2) is 21.2 Å². The lowest BCUT2D eigenvalue weighted by molar-refractivity contribution is 0.328. The number of halogens is 1. The highest BCUT2D eigenvalue weighted by Crippen LogP contribution is 2.34. The minimum atomic E-state index is -4.38. The Morgan fingerprint density at radius 1 is 0.733 bits per heavy atom. The first-order valence-electron chi connectivity index (χ1n) is 9.12. The number of benzene rings is 3. The highest BCUT2D eigenvalue weighted by molar-refractivity contribution is 8.09. The summed E-state index contributed by atoms with van der Waals surface area (Å²) in [5, 5.41) is 0. The fourth-order valence-corrected chi connectivity index (χ4v) is 7.59. The van der Waals surface area contributed by atoms with E-state index in [9.17, 15) is 16.8 Å². The Balaban J connectivity index is 2.05. The third-order valence-corrected chi connectivity index (χ3v) is 9.86. The van der Waals surface area contributed by atoms with Crippen LogP contribution in [0.2, 0.25) is 0 Å². The molecule has 0 heterocycles. The van der Waals surface area contributed by atoms with E-state index in [0.717, 1.165) is 0 Å². The van der Waals surface area contributed by atoms with Crippen LogP contribution in [-0.2, 0) is 19.7 Å². The summed E-state index contributed by atoms with van der Waals surface area (Å²) in [6, 6.07) is 20.4. The number of methoxy groups -OCH3 is 1. The molecule has 0 fully saturated rings. The fourth-order valence-electron chi connectivity index (χ4n) is 3.06. The monoisotopic (exact) mass is 448 g/mol. The van der Waals surface area contributed by atoms with Crippen molar-refractivity contribution in [3.8, 4) is 5.75 Å². The van der Waals surface area contributed by atoms with Crippen molar-refractivity contribution in [2.75, 3.05) is 7.11 Å². The zero-order chi connectivity index (χ0) is 21.8. The molecule has 0 aliphatic carbocycles. The molecule has 0 aliphatic heterocycles. The average Bonchev–Trinajstić information content (AvgIpc) is 2.78. The third-order valence-electron chi connectivity index (χ3n) is 4.71. The molecule has 0 spiro atoms. The number of sulfone groups is 2.